The van der Waals surface area contributed by atoms with Gasteiger partial charge >= 0.3 is 0 Å². The van der Waals surface area contributed by atoms with Crippen LogP contribution in [0, 0.1) is 5.82 Å². The predicted octanol–water partition coefficient (Wildman–Crippen LogP) is 1.65. The van der Waals surface area contributed by atoms with Crippen LogP contribution in [0.2, 0.25) is 0 Å². The molecule has 0 aromatic heterocycles. The first kappa shape index (κ1) is 8.87. The number of halogens is 1. The van der Waals surface area contributed by atoms with Crippen molar-refractivity contribution in [3.05, 3.63) is 35.6 Å². The van der Waals surface area contributed by atoms with Crippen molar-refractivity contribution in [2.45, 2.75) is 0 Å². The van der Waals surface area contributed by atoms with Crippen LogP contribution in [-0.4, -0.2) is 19.5 Å². The van der Waals surface area contributed by atoms with Crippen LogP contribution >= 0.6 is 0 Å². The fraction of sp³-hybridized carbons (Fsp3) is 0.222. The summed E-state index contributed by atoms with van der Waals surface area (Å²) in [5, 5.41) is 0. The average molecular weight is 167 g/mol. The van der Waals surface area contributed by atoms with E-state index in [4.69, 9.17) is 0 Å². The van der Waals surface area contributed by atoms with Gasteiger partial charge in [-0.3, -0.25) is 4.79 Å². The maximum Gasteiger partial charge on any atom is 0.188 e. The summed E-state index contributed by atoms with van der Waals surface area (Å²) in [5.74, 6) is -0.485. The number of methoxy groups -OCH3 is 1. The second kappa shape index (κ2) is 3.97. The van der Waals surface area contributed by atoms with Gasteiger partial charge in [-0.05, 0) is 24.3 Å². The van der Waals surface area contributed by atoms with Gasteiger partial charge < -0.3 is 4.74 Å². The molecule has 0 saturated carbocycles. The molecule has 0 amide bonds. The highest BCUT2D eigenvalue weighted by Gasteiger charge is 2.03. The van der Waals surface area contributed by atoms with Gasteiger partial charge in [0.2, 0.25) is 0 Å². The Morgan fingerprint density at radius 1 is 1.42 bits per heavy atom. The number of ether oxygens (including phenoxy) is 1. The first-order valence-corrected chi connectivity index (χ1v) is 3.51. The third kappa shape index (κ3) is 2.13. The number of Topliss-reactive ketones (excluding diaryl/α,β-unsaturated/α-hetero) is 1. The Bertz CT molecular complexity index is 266. The van der Waals surface area contributed by atoms with Crippen LogP contribution < -0.4 is 0 Å². The molecular formula is C9H9FO2. The van der Waals surface area contributed by atoms with E-state index in [1.54, 1.807) is 0 Å². The minimum absolute atomic E-state index is 0.0334. The van der Waals surface area contributed by atoms with Crippen LogP contribution in [0.3, 0.4) is 0 Å². The van der Waals surface area contributed by atoms with Crippen LogP contribution in [0.5, 0.6) is 0 Å². The Labute approximate surface area is 70.0 Å². The molecule has 3 heteroatoms. The summed E-state index contributed by atoms with van der Waals surface area (Å²) in [4.78, 5) is 11.1. The molecule has 0 spiro atoms. The van der Waals surface area contributed by atoms with Gasteiger partial charge in [0.25, 0.3) is 0 Å². The summed E-state index contributed by atoms with van der Waals surface area (Å²) in [6.45, 7) is 0.0334. The average Bonchev–Trinajstić information content (AvgIpc) is 2.06. The zero-order valence-corrected chi connectivity index (χ0v) is 6.71. The SMILES string of the molecule is COCC(=O)c1ccc([18F])cc1. The number of benzene rings is 1. The largest absolute Gasteiger partial charge is 0.377 e. The number of carbonyl (C=O) groups excluding carboxylic acids is 1. The summed E-state index contributed by atoms with van der Waals surface area (Å²) in [6.07, 6.45) is 0. The van der Waals surface area contributed by atoms with Gasteiger partial charge in [0.15, 0.2) is 5.78 Å². The summed E-state index contributed by atoms with van der Waals surface area (Å²) in [6, 6.07) is 5.39. The van der Waals surface area contributed by atoms with Crippen molar-refractivity contribution in [1.82, 2.24) is 0 Å². The molecule has 64 valence electrons. The monoisotopic (exact) mass is 167 g/mol. The minimum atomic E-state index is -0.344. The van der Waals surface area contributed by atoms with Crippen LogP contribution in [-0.2, 0) is 4.74 Å². The molecule has 0 heterocycles. The zero-order chi connectivity index (χ0) is 8.97. The van der Waals surface area contributed by atoms with Gasteiger partial charge in [0.05, 0.1) is 0 Å². The van der Waals surface area contributed by atoms with Gasteiger partial charge in [0.1, 0.15) is 12.4 Å². The maximum atomic E-state index is 12.4. The highest BCUT2D eigenvalue weighted by molar-refractivity contribution is 5.96. The molecule has 1 rings (SSSR count). The Balaban J connectivity index is 2.75. The van der Waals surface area contributed by atoms with Crippen molar-refractivity contribution in [2.75, 3.05) is 13.7 Å². The molecule has 0 aliphatic rings. The quantitative estimate of drug-likeness (QED) is 0.640. The lowest BCUT2D eigenvalue weighted by atomic mass is 10.1. The van der Waals surface area contributed by atoms with Gasteiger partial charge in [-0.1, -0.05) is 0 Å². The molecule has 2 nitrogen and oxygen atoms in total. The molecule has 0 N–H and O–H groups in total. The van der Waals surface area contributed by atoms with Crippen LogP contribution in [0.4, 0.5) is 4.39 Å². The number of carbonyl (C=O) groups is 1. The van der Waals surface area contributed by atoms with Crippen molar-refractivity contribution in [3.63, 3.8) is 0 Å². The van der Waals surface area contributed by atoms with E-state index in [0.29, 0.717) is 5.56 Å². The topological polar surface area (TPSA) is 26.3 Å². The summed E-state index contributed by atoms with van der Waals surface area (Å²) >= 11 is 0. The molecule has 1 aromatic carbocycles. The van der Waals surface area contributed by atoms with E-state index < -0.39 is 0 Å². The maximum absolute atomic E-state index is 12.4. The second-order valence-corrected chi connectivity index (χ2v) is 2.36. The Morgan fingerprint density at radius 3 is 2.50 bits per heavy atom. The standard InChI is InChI=1S/C9H9FO2/c1-12-6-9(11)7-2-4-8(10)5-3-7/h2-5H,6H2,1H3/i10-1. The third-order valence-corrected chi connectivity index (χ3v) is 1.44. The van der Waals surface area contributed by atoms with Crippen molar-refractivity contribution < 1.29 is 13.9 Å². The van der Waals surface area contributed by atoms with E-state index in [2.05, 4.69) is 4.74 Å². The van der Waals surface area contributed by atoms with E-state index in [0.717, 1.165) is 0 Å². The first-order chi connectivity index (χ1) is 5.74. The molecule has 1 aromatic rings. The first-order valence-electron chi connectivity index (χ1n) is 3.51. The van der Waals surface area contributed by atoms with E-state index in [9.17, 15) is 9.18 Å². The molecule has 0 unspecified atom stereocenters. The highest BCUT2D eigenvalue weighted by Crippen LogP contribution is 2.03. The van der Waals surface area contributed by atoms with Crippen LogP contribution in [0.25, 0.3) is 0 Å². The van der Waals surface area contributed by atoms with Gasteiger partial charge in [-0.15, -0.1) is 0 Å². The van der Waals surface area contributed by atoms with Crippen molar-refractivity contribution in [3.8, 4) is 0 Å². The minimum Gasteiger partial charge on any atom is -0.377 e. The summed E-state index contributed by atoms with van der Waals surface area (Å²) < 4.78 is 17.0. The fourth-order valence-corrected chi connectivity index (χ4v) is 0.850. The third-order valence-electron chi connectivity index (χ3n) is 1.44. The van der Waals surface area contributed by atoms with E-state index in [1.165, 1.54) is 31.4 Å². The molecule has 0 aliphatic carbocycles. The van der Waals surface area contributed by atoms with Crippen molar-refractivity contribution in [1.29, 1.82) is 0 Å². The van der Waals surface area contributed by atoms with E-state index in [-0.39, 0.29) is 18.2 Å². The smallest absolute Gasteiger partial charge is 0.188 e. The number of rotatable bonds is 3. The molecule has 0 saturated heterocycles. The second-order valence-electron chi connectivity index (χ2n) is 2.36. The molecule has 0 fully saturated rings. The molecule has 0 atom stereocenters. The predicted molar refractivity (Wildman–Crippen MR) is 42.6 cm³/mol. The van der Waals surface area contributed by atoms with Gasteiger partial charge in [-0.25, -0.2) is 4.39 Å². The van der Waals surface area contributed by atoms with Crippen LogP contribution in [0.15, 0.2) is 24.3 Å². The lowest BCUT2D eigenvalue weighted by molar-refractivity contribution is 0.0848. The van der Waals surface area contributed by atoms with Crippen molar-refractivity contribution in [2.24, 2.45) is 0 Å². The summed E-state index contributed by atoms with van der Waals surface area (Å²) in [7, 11) is 1.45. The van der Waals surface area contributed by atoms with E-state index in [1.807, 2.05) is 0 Å². The Morgan fingerprint density at radius 2 is 2.00 bits per heavy atom. The lowest BCUT2D eigenvalue weighted by Crippen LogP contribution is -2.06. The summed E-state index contributed by atoms with van der Waals surface area (Å²) in [5.41, 5.74) is 0.471. The lowest BCUT2D eigenvalue weighted by Gasteiger charge is -1.98. The highest BCUT2D eigenvalue weighted by atomic mass is 18.2. The molecule has 0 aliphatic heterocycles. The fourth-order valence-electron chi connectivity index (χ4n) is 0.850. The molecular weight excluding hydrogens is 158 g/mol. The number of ketones is 1. The normalized spacial score (nSPS) is 9.83. The number of hydrogen-bond acceptors (Lipinski definition) is 2. The molecule has 0 bridgehead atoms. The molecule has 0 radical (unpaired) electrons. The zero-order valence-electron chi connectivity index (χ0n) is 6.71. The van der Waals surface area contributed by atoms with Gasteiger partial charge in [0, 0.05) is 12.7 Å². The van der Waals surface area contributed by atoms with E-state index >= 15 is 0 Å². The van der Waals surface area contributed by atoms with Crippen LogP contribution in [0.1, 0.15) is 10.4 Å². The Kier molecular flexibility index (Phi) is 2.94. The Hall–Kier alpha value is -1.22. The number of hydrogen-bond donors (Lipinski definition) is 0. The van der Waals surface area contributed by atoms with Crippen molar-refractivity contribution >= 4 is 5.78 Å². The molecule has 12 heavy (non-hydrogen) atoms. The van der Waals surface area contributed by atoms with Gasteiger partial charge in [-0.2, -0.15) is 0 Å².